The summed E-state index contributed by atoms with van der Waals surface area (Å²) in [5.74, 6) is 0.315. The van der Waals surface area contributed by atoms with Crippen LogP contribution in [0.3, 0.4) is 0 Å². The first-order valence-corrected chi connectivity index (χ1v) is 12.2. The number of likely N-dealkylation sites (tertiary alicyclic amines) is 2. The molecule has 2 aliphatic rings. The lowest BCUT2D eigenvalue weighted by Crippen LogP contribution is -2.44. The van der Waals surface area contributed by atoms with E-state index in [4.69, 9.17) is 16.3 Å². The molecule has 1 N–H and O–H groups in total. The van der Waals surface area contributed by atoms with E-state index < -0.39 is 23.9 Å². The van der Waals surface area contributed by atoms with Crippen LogP contribution in [-0.4, -0.2) is 55.0 Å². The molecule has 4 rings (SSSR count). The Kier molecular flexibility index (Phi) is 8.06. The quantitative estimate of drug-likeness (QED) is 0.617. The molecule has 2 aromatic rings. The second kappa shape index (κ2) is 11.2. The van der Waals surface area contributed by atoms with Crippen molar-refractivity contribution in [2.24, 2.45) is 11.8 Å². The number of benzene rings is 2. The predicted molar refractivity (Wildman–Crippen MR) is 130 cm³/mol. The number of rotatable bonds is 5. The zero-order valence-corrected chi connectivity index (χ0v) is 20.1. The number of hydrogen-bond acceptors (Lipinski definition) is 4. The number of nitrogens with zero attached hydrogens (tertiary/aromatic N) is 2. The fourth-order valence-corrected chi connectivity index (χ4v) is 5.11. The maximum absolute atomic E-state index is 14.6. The molecule has 2 fully saturated rings. The number of halogens is 2. The lowest BCUT2D eigenvalue weighted by molar-refractivity contribution is -0.142. The molecule has 2 aliphatic heterocycles. The van der Waals surface area contributed by atoms with Crippen LogP contribution in [0.4, 0.5) is 14.9 Å². The van der Waals surface area contributed by atoms with Crippen molar-refractivity contribution in [1.29, 1.82) is 0 Å². The summed E-state index contributed by atoms with van der Waals surface area (Å²) in [6.07, 6.45) is 2.04. The van der Waals surface area contributed by atoms with Gasteiger partial charge in [0.05, 0.1) is 0 Å². The molecule has 0 radical (unpaired) electrons. The van der Waals surface area contributed by atoms with Crippen molar-refractivity contribution in [2.45, 2.75) is 31.8 Å². The third-order valence-electron chi connectivity index (χ3n) is 7.01. The molecule has 0 saturated carbocycles. The molecule has 34 heavy (non-hydrogen) atoms. The van der Waals surface area contributed by atoms with Gasteiger partial charge >= 0.3 is 6.09 Å². The van der Waals surface area contributed by atoms with Crippen LogP contribution in [0.1, 0.15) is 37.4 Å². The average molecular weight is 488 g/mol. The summed E-state index contributed by atoms with van der Waals surface area (Å²) in [5, 5.41) is 3.11. The third-order valence-corrected chi connectivity index (χ3v) is 7.26. The van der Waals surface area contributed by atoms with E-state index in [-0.39, 0.29) is 5.56 Å². The Morgan fingerprint density at radius 2 is 1.56 bits per heavy atom. The SMILES string of the molecule is CN1CCC(C2CCN(C(=O)[C@H](OC(=O)Nc3ccc(Cl)cc3)c3ccccc3F)CC2)CC1. The Balaban J connectivity index is 1.42. The lowest BCUT2D eigenvalue weighted by atomic mass is 9.79. The maximum atomic E-state index is 14.6. The molecule has 0 spiro atoms. The highest BCUT2D eigenvalue weighted by Crippen LogP contribution is 2.33. The molecule has 2 saturated heterocycles. The number of ether oxygens (including phenoxy) is 1. The normalized spacial score (nSPS) is 19.0. The van der Waals surface area contributed by atoms with E-state index in [1.54, 1.807) is 41.3 Å². The Morgan fingerprint density at radius 3 is 2.18 bits per heavy atom. The predicted octanol–water partition coefficient (Wildman–Crippen LogP) is 5.35. The van der Waals surface area contributed by atoms with E-state index in [0.29, 0.717) is 35.6 Å². The fraction of sp³-hybridized carbons (Fsp3) is 0.462. The van der Waals surface area contributed by atoms with Gasteiger partial charge in [-0.25, -0.2) is 9.18 Å². The summed E-state index contributed by atoms with van der Waals surface area (Å²) in [4.78, 5) is 30.1. The molecule has 0 unspecified atom stereocenters. The topological polar surface area (TPSA) is 61.9 Å². The van der Waals surface area contributed by atoms with Crippen LogP contribution in [0.5, 0.6) is 0 Å². The number of carbonyl (C=O) groups excluding carboxylic acids is 2. The molecule has 6 nitrogen and oxygen atoms in total. The molecule has 2 heterocycles. The van der Waals surface area contributed by atoms with Crippen molar-refractivity contribution in [2.75, 3.05) is 38.5 Å². The van der Waals surface area contributed by atoms with Gasteiger partial charge in [0.15, 0.2) is 0 Å². The number of piperidine rings is 2. The Bertz CT molecular complexity index is 987. The number of nitrogens with one attached hydrogen (secondary N) is 1. The highest BCUT2D eigenvalue weighted by atomic mass is 35.5. The van der Waals surface area contributed by atoms with Gasteiger partial charge in [-0.2, -0.15) is 0 Å². The van der Waals surface area contributed by atoms with Crippen LogP contribution >= 0.6 is 11.6 Å². The van der Waals surface area contributed by atoms with E-state index >= 15 is 0 Å². The van der Waals surface area contributed by atoms with Crippen LogP contribution in [0.2, 0.25) is 5.02 Å². The zero-order valence-electron chi connectivity index (χ0n) is 19.4. The molecule has 8 heteroatoms. The van der Waals surface area contributed by atoms with E-state index in [2.05, 4.69) is 17.3 Å². The van der Waals surface area contributed by atoms with Crippen molar-refractivity contribution in [3.63, 3.8) is 0 Å². The maximum Gasteiger partial charge on any atom is 0.412 e. The van der Waals surface area contributed by atoms with Crippen LogP contribution in [-0.2, 0) is 9.53 Å². The van der Waals surface area contributed by atoms with Crippen LogP contribution in [0.25, 0.3) is 0 Å². The minimum absolute atomic E-state index is 0.0520. The summed E-state index contributed by atoms with van der Waals surface area (Å²) < 4.78 is 20.1. The minimum atomic E-state index is -1.35. The van der Waals surface area contributed by atoms with Crippen molar-refractivity contribution >= 4 is 29.3 Å². The first-order chi connectivity index (χ1) is 16.4. The second-order valence-electron chi connectivity index (χ2n) is 9.24. The Hall–Kier alpha value is -2.64. The van der Waals surface area contributed by atoms with Gasteiger partial charge in [0.25, 0.3) is 5.91 Å². The van der Waals surface area contributed by atoms with Gasteiger partial charge in [-0.3, -0.25) is 10.1 Å². The molecular formula is C26H31ClFN3O3. The number of anilines is 1. The summed E-state index contributed by atoms with van der Waals surface area (Å²) in [7, 11) is 2.16. The van der Waals surface area contributed by atoms with Crippen LogP contribution in [0.15, 0.2) is 48.5 Å². The van der Waals surface area contributed by atoms with Gasteiger partial charge < -0.3 is 14.5 Å². The Morgan fingerprint density at radius 1 is 0.971 bits per heavy atom. The first-order valence-electron chi connectivity index (χ1n) is 11.9. The number of amides is 2. The van der Waals surface area contributed by atoms with Crippen LogP contribution < -0.4 is 5.32 Å². The van der Waals surface area contributed by atoms with Gasteiger partial charge in [-0.15, -0.1) is 0 Å². The van der Waals surface area contributed by atoms with E-state index in [9.17, 15) is 14.0 Å². The van der Waals surface area contributed by atoms with Crippen molar-refractivity contribution in [1.82, 2.24) is 9.80 Å². The van der Waals surface area contributed by atoms with Gasteiger partial charge in [-0.05, 0) is 88.0 Å². The van der Waals surface area contributed by atoms with Gasteiger partial charge in [0.2, 0.25) is 6.10 Å². The number of hydrogen-bond donors (Lipinski definition) is 1. The minimum Gasteiger partial charge on any atom is -0.431 e. The van der Waals surface area contributed by atoms with E-state index in [1.807, 2.05) is 0 Å². The van der Waals surface area contributed by atoms with Gasteiger partial charge in [0, 0.05) is 29.4 Å². The van der Waals surface area contributed by atoms with Crippen molar-refractivity contribution in [3.05, 3.63) is 64.9 Å². The zero-order chi connectivity index (χ0) is 24.1. The van der Waals surface area contributed by atoms with Crippen molar-refractivity contribution < 1.29 is 18.7 Å². The molecule has 2 aromatic carbocycles. The number of carbonyl (C=O) groups is 2. The molecule has 182 valence electrons. The average Bonchev–Trinajstić information content (AvgIpc) is 2.85. The highest BCUT2D eigenvalue weighted by Gasteiger charge is 2.35. The highest BCUT2D eigenvalue weighted by molar-refractivity contribution is 6.30. The molecule has 0 aliphatic carbocycles. The summed E-state index contributed by atoms with van der Waals surface area (Å²) in [6.45, 7) is 3.41. The third kappa shape index (κ3) is 6.07. The van der Waals surface area contributed by atoms with E-state index in [1.165, 1.54) is 25.0 Å². The second-order valence-corrected chi connectivity index (χ2v) is 9.68. The standard InChI is InChI=1S/C26H31ClFN3O3/c1-30-14-10-18(11-15-30)19-12-16-31(17-13-19)25(32)24(22-4-2-3-5-23(22)28)34-26(33)29-21-8-6-20(27)7-9-21/h2-9,18-19,24H,10-17H2,1H3,(H,29,33)/t24-/m1/s1. The summed E-state index contributed by atoms with van der Waals surface area (Å²) in [6, 6.07) is 12.4. The molecule has 0 aromatic heterocycles. The largest absolute Gasteiger partial charge is 0.431 e. The van der Waals surface area contributed by atoms with E-state index in [0.717, 1.165) is 25.9 Å². The summed E-state index contributed by atoms with van der Waals surface area (Å²) in [5.41, 5.74) is 0.518. The fourth-order valence-electron chi connectivity index (χ4n) is 4.98. The molecular weight excluding hydrogens is 457 g/mol. The smallest absolute Gasteiger partial charge is 0.412 e. The molecule has 1 atom stereocenters. The molecule has 0 bridgehead atoms. The monoisotopic (exact) mass is 487 g/mol. The van der Waals surface area contributed by atoms with Gasteiger partial charge in [-0.1, -0.05) is 29.8 Å². The van der Waals surface area contributed by atoms with Gasteiger partial charge in [0.1, 0.15) is 5.82 Å². The summed E-state index contributed by atoms with van der Waals surface area (Å²) >= 11 is 5.89. The lowest BCUT2D eigenvalue weighted by Gasteiger charge is -2.40. The molecule has 2 amide bonds. The van der Waals surface area contributed by atoms with Crippen molar-refractivity contribution in [3.8, 4) is 0 Å². The first kappa shape index (κ1) is 24.5. The van der Waals surface area contributed by atoms with Crippen LogP contribution in [0, 0.1) is 17.7 Å². The Labute approximate surface area is 205 Å².